The van der Waals surface area contributed by atoms with Gasteiger partial charge in [0.1, 0.15) is 5.82 Å². The molecule has 1 N–H and O–H groups in total. The lowest BCUT2D eigenvalue weighted by atomic mass is 10.2. The zero-order valence-electron chi connectivity index (χ0n) is 15.6. The molecule has 1 amide bonds. The third-order valence-electron chi connectivity index (χ3n) is 5.02. The minimum atomic E-state index is -0.362. The van der Waals surface area contributed by atoms with Gasteiger partial charge in [0.25, 0.3) is 5.56 Å². The van der Waals surface area contributed by atoms with Gasteiger partial charge in [-0.05, 0) is 37.1 Å². The molecule has 1 aliphatic carbocycles. The first-order valence-electron chi connectivity index (χ1n) is 9.52. The van der Waals surface area contributed by atoms with E-state index in [2.05, 4.69) is 12.2 Å². The van der Waals surface area contributed by atoms with Crippen molar-refractivity contribution in [2.45, 2.75) is 60.4 Å². The van der Waals surface area contributed by atoms with Gasteiger partial charge in [-0.25, -0.2) is 9.37 Å². The highest BCUT2D eigenvalue weighted by Gasteiger charge is 2.27. The van der Waals surface area contributed by atoms with E-state index < -0.39 is 0 Å². The number of aromatic nitrogens is 2. The maximum absolute atomic E-state index is 13.4. The van der Waals surface area contributed by atoms with Crippen molar-refractivity contribution in [2.24, 2.45) is 0 Å². The summed E-state index contributed by atoms with van der Waals surface area (Å²) in [5.41, 5.74) is 1.20. The van der Waals surface area contributed by atoms with Crippen LogP contribution in [-0.2, 0) is 11.2 Å². The van der Waals surface area contributed by atoms with Gasteiger partial charge in [-0.3, -0.25) is 14.2 Å². The summed E-state index contributed by atoms with van der Waals surface area (Å²) in [6.45, 7) is 2.07. The van der Waals surface area contributed by atoms with Crippen LogP contribution in [0.15, 0.2) is 39.1 Å². The van der Waals surface area contributed by atoms with E-state index in [1.165, 1.54) is 40.2 Å². The fourth-order valence-electron chi connectivity index (χ4n) is 3.68. The number of amides is 1. The van der Waals surface area contributed by atoms with Gasteiger partial charge >= 0.3 is 0 Å². The van der Waals surface area contributed by atoms with E-state index in [-0.39, 0.29) is 29.1 Å². The number of carbonyl (C=O) groups excluding carboxylic acids is 1. The Labute approximate surface area is 171 Å². The number of benzene rings is 1. The van der Waals surface area contributed by atoms with Crippen molar-refractivity contribution in [3.05, 3.63) is 46.1 Å². The SMILES string of the molecule is CC1Cc2nc(SCC(=O)NC3CCCC3)n(-c3ccc(F)cc3)c(=O)c2S1. The number of carbonyl (C=O) groups is 1. The molecule has 2 heterocycles. The standard InChI is InChI=1S/C20H22FN3O2S2/c1-12-10-16-18(28-12)19(26)24(15-8-6-13(21)7-9-15)20(23-16)27-11-17(25)22-14-4-2-3-5-14/h6-9,12,14H,2-5,10-11H2,1H3,(H,22,25). The number of hydrogen-bond donors (Lipinski definition) is 1. The first-order valence-corrected chi connectivity index (χ1v) is 11.4. The number of hydrogen-bond acceptors (Lipinski definition) is 5. The van der Waals surface area contributed by atoms with Gasteiger partial charge in [0.2, 0.25) is 5.91 Å². The van der Waals surface area contributed by atoms with Gasteiger partial charge in [-0.15, -0.1) is 11.8 Å². The second-order valence-electron chi connectivity index (χ2n) is 7.26. The van der Waals surface area contributed by atoms with E-state index in [9.17, 15) is 14.0 Å². The molecular formula is C20H22FN3O2S2. The average molecular weight is 420 g/mol. The molecule has 1 saturated carbocycles. The van der Waals surface area contributed by atoms with E-state index in [0.717, 1.165) is 37.8 Å². The first-order chi connectivity index (χ1) is 13.5. The zero-order chi connectivity index (χ0) is 19.7. The molecule has 148 valence electrons. The second kappa shape index (κ2) is 8.29. The third-order valence-corrected chi connectivity index (χ3v) is 7.17. The molecule has 1 fully saturated rings. The normalized spacial score (nSPS) is 19.0. The monoisotopic (exact) mass is 419 g/mol. The topological polar surface area (TPSA) is 64.0 Å². The Hall–Kier alpha value is -1.80. The summed E-state index contributed by atoms with van der Waals surface area (Å²) in [4.78, 5) is 30.8. The summed E-state index contributed by atoms with van der Waals surface area (Å²) in [5, 5.41) is 3.83. The molecule has 0 spiro atoms. The van der Waals surface area contributed by atoms with Gasteiger partial charge in [0.15, 0.2) is 5.16 Å². The number of rotatable bonds is 5. The Bertz CT molecular complexity index is 940. The molecule has 8 heteroatoms. The fourth-order valence-corrected chi connectivity index (χ4v) is 5.62. The van der Waals surface area contributed by atoms with Crippen molar-refractivity contribution < 1.29 is 9.18 Å². The van der Waals surface area contributed by atoms with E-state index >= 15 is 0 Å². The van der Waals surface area contributed by atoms with Gasteiger partial charge < -0.3 is 5.32 Å². The highest BCUT2D eigenvalue weighted by atomic mass is 32.2. The lowest BCUT2D eigenvalue weighted by Crippen LogP contribution is -2.34. The lowest BCUT2D eigenvalue weighted by molar-refractivity contribution is -0.119. The summed E-state index contributed by atoms with van der Waals surface area (Å²) in [6.07, 6.45) is 5.11. The van der Waals surface area contributed by atoms with Crippen molar-refractivity contribution in [3.8, 4) is 5.69 Å². The average Bonchev–Trinajstić information content (AvgIpc) is 3.30. The molecule has 1 atom stereocenters. The molecule has 1 aliphatic heterocycles. The lowest BCUT2D eigenvalue weighted by Gasteiger charge is -2.15. The van der Waals surface area contributed by atoms with Crippen molar-refractivity contribution in [3.63, 3.8) is 0 Å². The molecule has 5 nitrogen and oxygen atoms in total. The van der Waals surface area contributed by atoms with E-state index in [1.807, 2.05) is 0 Å². The molecule has 2 aromatic rings. The molecule has 2 aliphatic rings. The van der Waals surface area contributed by atoms with Crippen LogP contribution in [0.1, 0.15) is 38.3 Å². The van der Waals surface area contributed by atoms with E-state index in [4.69, 9.17) is 4.98 Å². The highest BCUT2D eigenvalue weighted by Crippen LogP contribution is 2.34. The minimum absolute atomic E-state index is 0.0416. The van der Waals surface area contributed by atoms with Crippen LogP contribution >= 0.6 is 23.5 Å². The molecule has 1 unspecified atom stereocenters. The number of thioether (sulfide) groups is 2. The second-order valence-corrected chi connectivity index (χ2v) is 9.65. The maximum atomic E-state index is 13.4. The van der Waals surface area contributed by atoms with Crippen LogP contribution in [0.2, 0.25) is 0 Å². The Morgan fingerprint density at radius 3 is 2.75 bits per heavy atom. The fraction of sp³-hybridized carbons (Fsp3) is 0.450. The zero-order valence-corrected chi connectivity index (χ0v) is 17.2. The molecular weight excluding hydrogens is 397 g/mol. The molecule has 1 aromatic heterocycles. The third kappa shape index (κ3) is 4.12. The van der Waals surface area contributed by atoms with Crippen molar-refractivity contribution in [1.82, 2.24) is 14.9 Å². The minimum Gasteiger partial charge on any atom is -0.353 e. The Kier molecular flexibility index (Phi) is 5.78. The quantitative estimate of drug-likeness (QED) is 0.593. The van der Waals surface area contributed by atoms with Crippen molar-refractivity contribution in [2.75, 3.05) is 5.75 Å². The first kappa shape index (κ1) is 19.5. The van der Waals surface area contributed by atoms with Gasteiger partial charge in [0.05, 0.1) is 22.0 Å². The van der Waals surface area contributed by atoms with Gasteiger partial charge in [-0.1, -0.05) is 31.5 Å². The molecule has 1 aromatic carbocycles. The summed E-state index contributed by atoms with van der Waals surface area (Å²) < 4.78 is 14.9. The highest BCUT2D eigenvalue weighted by molar-refractivity contribution is 8.00. The van der Waals surface area contributed by atoms with Crippen LogP contribution in [0.3, 0.4) is 0 Å². The largest absolute Gasteiger partial charge is 0.353 e. The van der Waals surface area contributed by atoms with Crippen molar-refractivity contribution in [1.29, 1.82) is 0 Å². The number of fused-ring (bicyclic) bond motifs is 1. The number of nitrogens with one attached hydrogen (secondary N) is 1. The van der Waals surface area contributed by atoms with Crippen LogP contribution < -0.4 is 10.9 Å². The Morgan fingerprint density at radius 2 is 2.04 bits per heavy atom. The van der Waals surface area contributed by atoms with E-state index in [0.29, 0.717) is 21.0 Å². The Balaban J connectivity index is 1.62. The van der Waals surface area contributed by atoms with Crippen LogP contribution in [0.5, 0.6) is 0 Å². The molecule has 0 saturated heterocycles. The van der Waals surface area contributed by atoms with Gasteiger partial charge in [-0.2, -0.15) is 0 Å². The Morgan fingerprint density at radius 1 is 1.32 bits per heavy atom. The summed E-state index contributed by atoms with van der Waals surface area (Å²) in [7, 11) is 0. The maximum Gasteiger partial charge on any atom is 0.272 e. The van der Waals surface area contributed by atoms with Crippen LogP contribution in [0.4, 0.5) is 4.39 Å². The predicted octanol–water partition coefficient (Wildman–Crippen LogP) is 3.56. The van der Waals surface area contributed by atoms with Crippen LogP contribution in [-0.4, -0.2) is 32.5 Å². The molecule has 0 radical (unpaired) electrons. The summed E-state index contributed by atoms with van der Waals surface area (Å²) in [5.74, 6) is -0.204. The predicted molar refractivity (Wildman–Crippen MR) is 110 cm³/mol. The van der Waals surface area contributed by atoms with Crippen LogP contribution in [0, 0.1) is 5.82 Å². The number of nitrogens with zero attached hydrogens (tertiary/aromatic N) is 2. The molecule has 28 heavy (non-hydrogen) atoms. The van der Waals surface area contributed by atoms with E-state index in [1.54, 1.807) is 12.1 Å². The van der Waals surface area contributed by atoms with Crippen molar-refractivity contribution >= 4 is 29.4 Å². The molecule has 4 rings (SSSR count). The number of halogens is 1. The van der Waals surface area contributed by atoms with Gasteiger partial charge in [0, 0.05) is 17.7 Å². The van der Waals surface area contributed by atoms with Crippen LogP contribution in [0.25, 0.3) is 5.69 Å². The summed E-state index contributed by atoms with van der Waals surface area (Å²) >= 11 is 2.78. The summed E-state index contributed by atoms with van der Waals surface area (Å²) in [6, 6.07) is 6.04. The molecule has 0 bridgehead atoms. The smallest absolute Gasteiger partial charge is 0.272 e.